The molecule has 0 aliphatic carbocycles. The van der Waals surface area contributed by atoms with E-state index in [0.717, 1.165) is 0 Å². The number of aromatic carboxylic acids is 1. The minimum Gasteiger partial charge on any atom is -0.476 e. The van der Waals surface area contributed by atoms with Crippen LogP contribution in [-0.2, 0) is 7.05 Å². The minimum absolute atomic E-state index is 0.0448. The molecule has 2 aromatic heterocycles. The molecule has 0 radical (unpaired) electrons. The van der Waals surface area contributed by atoms with Crippen LogP contribution in [0.25, 0.3) is 22.3 Å². The third-order valence-electron chi connectivity index (χ3n) is 2.99. The highest BCUT2D eigenvalue weighted by Gasteiger charge is 2.15. The van der Waals surface area contributed by atoms with Crippen LogP contribution in [0, 0.1) is 5.82 Å². The number of carboxylic acid groups (broad SMARTS) is 1. The van der Waals surface area contributed by atoms with Gasteiger partial charge in [0.2, 0.25) is 0 Å². The van der Waals surface area contributed by atoms with Crippen LogP contribution in [0.5, 0.6) is 0 Å². The van der Waals surface area contributed by atoms with Crippen LogP contribution in [0.2, 0.25) is 0 Å². The fraction of sp³-hybridized carbons (Fsp3) is 0.0769. The number of fused-ring (bicyclic) bond motifs is 1. The van der Waals surface area contributed by atoms with E-state index < -0.39 is 5.97 Å². The minimum atomic E-state index is -1.09. The first kappa shape index (κ1) is 11.5. The molecule has 2 heterocycles. The van der Waals surface area contributed by atoms with Crippen LogP contribution in [0.1, 0.15) is 10.5 Å². The van der Waals surface area contributed by atoms with Crippen LogP contribution in [0.15, 0.2) is 30.3 Å². The van der Waals surface area contributed by atoms with Crippen molar-refractivity contribution < 1.29 is 14.3 Å². The first-order valence-corrected chi connectivity index (χ1v) is 5.61. The molecule has 19 heavy (non-hydrogen) atoms. The molecule has 0 atom stereocenters. The summed E-state index contributed by atoms with van der Waals surface area (Å²) < 4.78 is 15.1. The van der Waals surface area contributed by atoms with Crippen molar-refractivity contribution in [3.8, 4) is 11.4 Å². The molecule has 0 saturated heterocycles. The zero-order chi connectivity index (χ0) is 13.6. The van der Waals surface area contributed by atoms with Gasteiger partial charge in [0.1, 0.15) is 5.82 Å². The molecule has 1 aromatic carbocycles. The molecule has 3 aromatic rings. The highest BCUT2D eigenvalue weighted by atomic mass is 19.1. The molecule has 6 heteroatoms. The average Bonchev–Trinajstić information content (AvgIpc) is 2.93. The number of benzene rings is 1. The number of aromatic amines is 1. The summed E-state index contributed by atoms with van der Waals surface area (Å²) >= 11 is 0. The molecular weight excluding hydrogens is 249 g/mol. The van der Waals surface area contributed by atoms with Gasteiger partial charge in [0.25, 0.3) is 0 Å². The molecule has 0 unspecified atom stereocenters. The maximum absolute atomic E-state index is 13.6. The number of aromatic nitrogens is 3. The Labute approximate surface area is 107 Å². The number of nitrogens with one attached hydrogen (secondary N) is 1. The maximum Gasteiger partial charge on any atom is 0.356 e. The fourth-order valence-corrected chi connectivity index (χ4v) is 2.08. The number of rotatable bonds is 2. The monoisotopic (exact) mass is 259 g/mol. The normalized spacial score (nSPS) is 11.1. The van der Waals surface area contributed by atoms with E-state index in [4.69, 9.17) is 5.11 Å². The lowest BCUT2D eigenvalue weighted by molar-refractivity contribution is 0.0689. The first-order chi connectivity index (χ1) is 9.06. The van der Waals surface area contributed by atoms with Crippen molar-refractivity contribution in [2.45, 2.75) is 0 Å². The summed E-state index contributed by atoms with van der Waals surface area (Å²) in [4.78, 5) is 13.9. The SMILES string of the molecule is Cn1nc(C(=O)O)cc1-c1cc2c(F)cccc2[nH]1. The lowest BCUT2D eigenvalue weighted by Crippen LogP contribution is -1.99. The summed E-state index contributed by atoms with van der Waals surface area (Å²) in [5.74, 6) is -1.41. The standard InChI is InChI=1S/C13H10FN3O2/c1-17-12(6-11(16-17)13(18)19)10-5-7-8(14)3-2-4-9(7)15-10/h2-6,15H,1H3,(H,18,19). The molecule has 0 aliphatic rings. The number of nitrogens with zero attached hydrogens (tertiary/aromatic N) is 2. The second-order valence-electron chi connectivity index (χ2n) is 4.23. The Hall–Kier alpha value is -2.63. The number of hydrogen-bond acceptors (Lipinski definition) is 2. The van der Waals surface area contributed by atoms with Gasteiger partial charge in [-0.05, 0) is 18.2 Å². The van der Waals surface area contributed by atoms with Gasteiger partial charge in [0, 0.05) is 24.0 Å². The Morgan fingerprint density at radius 2 is 2.21 bits per heavy atom. The van der Waals surface area contributed by atoms with E-state index in [1.54, 1.807) is 25.2 Å². The van der Waals surface area contributed by atoms with Crippen LogP contribution >= 0.6 is 0 Å². The number of aryl methyl sites for hydroxylation is 1. The van der Waals surface area contributed by atoms with E-state index in [1.165, 1.54) is 16.8 Å². The number of carbonyl (C=O) groups is 1. The first-order valence-electron chi connectivity index (χ1n) is 5.61. The number of H-pyrrole nitrogens is 1. The van der Waals surface area contributed by atoms with Gasteiger partial charge < -0.3 is 10.1 Å². The highest BCUT2D eigenvalue weighted by molar-refractivity contribution is 5.89. The maximum atomic E-state index is 13.6. The summed E-state index contributed by atoms with van der Waals surface area (Å²) in [7, 11) is 1.64. The van der Waals surface area contributed by atoms with Gasteiger partial charge in [-0.15, -0.1) is 0 Å². The molecule has 0 aliphatic heterocycles. The molecule has 0 spiro atoms. The summed E-state index contributed by atoms with van der Waals surface area (Å²) in [6, 6.07) is 7.85. The van der Waals surface area contributed by atoms with Crippen molar-refractivity contribution in [1.82, 2.24) is 14.8 Å². The largest absolute Gasteiger partial charge is 0.476 e. The van der Waals surface area contributed by atoms with Crippen LogP contribution in [0.3, 0.4) is 0 Å². The molecule has 0 bridgehead atoms. The van der Waals surface area contributed by atoms with Gasteiger partial charge in [0.15, 0.2) is 5.69 Å². The number of hydrogen-bond donors (Lipinski definition) is 2. The lowest BCUT2D eigenvalue weighted by atomic mass is 10.2. The zero-order valence-corrected chi connectivity index (χ0v) is 10.0. The highest BCUT2D eigenvalue weighted by Crippen LogP contribution is 2.26. The smallest absolute Gasteiger partial charge is 0.356 e. The second kappa shape index (κ2) is 3.94. The van der Waals surface area contributed by atoms with E-state index in [1.807, 2.05) is 0 Å². The second-order valence-corrected chi connectivity index (χ2v) is 4.23. The van der Waals surface area contributed by atoms with Crippen molar-refractivity contribution >= 4 is 16.9 Å². The molecule has 0 amide bonds. The lowest BCUT2D eigenvalue weighted by Gasteiger charge is -1.96. The summed E-state index contributed by atoms with van der Waals surface area (Å²) in [5, 5.41) is 13.3. The zero-order valence-electron chi connectivity index (χ0n) is 10.0. The van der Waals surface area contributed by atoms with E-state index in [-0.39, 0.29) is 11.5 Å². The topological polar surface area (TPSA) is 70.9 Å². The quantitative estimate of drug-likeness (QED) is 0.742. The summed E-state index contributed by atoms with van der Waals surface area (Å²) in [5.41, 5.74) is 1.83. The van der Waals surface area contributed by atoms with Crippen molar-refractivity contribution in [3.05, 3.63) is 41.8 Å². The van der Waals surface area contributed by atoms with E-state index in [2.05, 4.69) is 10.1 Å². The average molecular weight is 259 g/mol. The number of carboxylic acids is 1. The molecule has 0 fully saturated rings. The summed E-state index contributed by atoms with van der Waals surface area (Å²) in [6.07, 6.45) is 0. The summed E-state index contributed by atoms with van der Waals surface area (Å²) in [6.45, 7) is 0. The van der Waals surface area contributed by atoms with Gasteiger partial charge in [-0.1, -0.05) is 6.07 Å². The predicted molar refractivity (Wildman–Crippen MR) is 67.4 cm³/mol. The van der Waals surface area contributed by atoms with Crippen LogP contribution in [-0.4, -0.2) is 25.8 Å². The number of halogens is 1. The van der Waals surface area contributed by atoms with Crippen LogP contribution < -0.4 is 0 Å². The Morgan fingerprint density at radius 3 is 2.84 bits per heavy atom. The fourth-order valence-electron chi connectivity index (χ4n) is 2.08. The molecule has 2 N–H and O–H groups in total. The third kappa shape index (κ3) is 1.77. The van der Waals surface area contributed by atoms with Gasteiger partial charge in [-0.3, -0.25) is 4.68 Å². The van der Waals surface area contributed by atoms with Crippen molar-refractivity contribution in [2.24, 2.45) is 7.05 Å². The molecule has 3 rings (SSSR count). The van der Waals surface area contributed by atoms with E-state index >= 15 is 0 Å². The van der Waals surface area contributed by atoms with Crippen LogP contribution in [0.4, 0.5) is 4.39 Å². The van der Waals surface area contributed by atoms with Gasteiger partial charge >= 0.3 is 5.97 Å². The van der Waals surface area contributed by atoms with Gasteiger partial charge in [-0.2, -0.15) is 5.10 Å². The molecular formula is C13H10FN3O2. The van der Waals surface area contributed by atoms with Gasteiger partial charge in [-0.25, -0.2) is 9.18 Å². The molecule has 5 nitrogen and oxygen atoms in total. The Morgan fingerprint density at radius 1 is 1.42 bits per heavy atom. The Kier molecular flexibility index (Phi) is 2.38. The molecule has 0 saturated carbocycles. The van der Waals surface area contributed by atoms with E-state index in [0.29, 0.717) is 22.3 Å². The van der Waals surface area contributed by atoms with Crippen molar-refractivity contribution in [1.29, 1.82) is 0 Å². The Balaban J connectivity index is 2.19. The van der Waals surface area contributed by atoms with E-state index in [9.17, 15) is 9.18 Å². The Bertz CT molecular complexity index is 788. The predicted octanol–water partition coefficient (Wildman–Crippen LogP) is 2.41. The van der Waals surface area contributed by atoms with Gasteiger partial charge in [0.05, 0.1) is 11.4 Å². The third-order valence-corrected chi connectivity index (χ3v) is 2.99. The molecule has 96 valence electrons. The van der Waals surface area contributed by atoms with Crippen molar-refractivity contribution in [2.75, 3.05) is 0 Å². The van der Waals surface area contributed by atoms with Crippen molar-refractivity contribution in [3.63, 3.8) is 0 Å².